The molecule has 2 aliphatic heterocycles. The smallest absolute Gasteiger partial charge is 0.402 e. The van der Waals surface area contributed by atoms with Crippen molar-refractivity contribution in [3.05, 3.63) is 119 Å². The summed E-state index contributed by atoms with van der Waals surface area (Å²) in [5.41, 5.74) is -4.60. The number of aliphatic hydroxyl groups excluding tert-OH is 1. The Kier molecular flexibility index (Phi) is 10.7. The average Bonchev–Trinajstić information content (AvgIpc) is 4.07. The lowest BCUT2D eigenvalue weighted by Gasteiger charge is -2.33. The number of rotatable bonds is 16. The Morgan fingerprint density at radius 1 is 0.519 bits per heavy atom. The van der Waals surface area contributed by atoms with Crippen molar-refractivity contribution in [3.8, 4) is 23.0 Å². The van der Waals surface area contributed by atoms with E-state index in [1.807, 2.05) is 0 Å². The molecule has 4 unspecified atom stereocenters. The van der Waals surface area contributed by atoms with Crippen LogP contribution in [0.15, 0.2) is 97.1 Å². The lowest BCUT2D eigenvalue weighted by Crippen LogP contribution is -2.40. The summed E-state index contributed by atoms with van der Waals surface area (Å²) in [5, 5.41) is 10.5. The van der Waals surface area contributed by atoms with Gasteiger partial charge in [-0.05, 0) is 84.6 Å². The zero-order valence-corrected chi connectivity index (χ0v) is 28.4. The van der Waals surface area contributed by atoms with Crippen molar-refractivity contribution in [2.75, 3.05) is 39.6 Å². The summed E-state index contributed by atoms with van der Waals surface area (Å²) in [6, 6.07) is 22.4. The quantitative estimate of drug-likeness (QED) is 0.0931. The van der Waals surface area contributed by atoms with Crippen LogP contribution in [0.3, 0.4) is 0 Å². The van der Waals surface area contributed by atoms with E-state index in [0.717, 1.165) is 13.8 Å². The van der Waals surface area contributed by atoms with E-state index in [9.17, 15) is 31.4 Å². The van der Waals surface area contributed by atoms with E-state index >= 15 is 0 Å². The Hall–Kier alpha value is -4.46. The van der Waals surface area contributed by atoms with Crippen molar-refractivity contribution in [1.29, 1.82) is 0 Å². The molecule has 0 amide bonds. The van der Waals surface area contributed by atoms with Crippen LogP contribution < -0.4 is 18.9 Å². The molecule has 278 valence electrons. The first-order valence-corrected chi connectivity index (χ1v) is 16.6. The van der Waals surface area contributed by atoms with Gasteiger partial charge in [-0.2, -0.15) is 26.3 Å². The van der Waals surface area contributed by atoms with E-state index in [2.05, 4.69) is 0 Å². The first kappa shape index (κ1) is 37.3. The van der Waals surface area contributed by atoms with Crippen LogP contribution >= 0.6 is 0 Å². The predicted octanol–water partition coefficient (Wildman–Crippen LogP) is 7.80. The van der Waals surface area contributed by atoms with Crippen LogP contribution in [0, 0.1) is 0 Å². The maximum absolute atomic E-state index is 14.5. The summed E-state index contributed by atoms with van der Waals surface area (Å²) in [7, 11) is 0. The number of hydrogen-bond acceptors (Lipinski definition) is 7. The van der Waals surface area contributed by atoms with Gasteiger partial charge in [-0.1, -0.05) is 48.5 Å². The molecule has 1 N–H and O–H groups in total. The van der Waals surface area contributed by atoms with Crippen LogP contribution in [0.2, 0.25) is 0 Å². The second-order valence-corrected chi connectivity index (χ2v) is 13.2. The average molecular weight is 733 g/mol. The van der Waals surface area contributed by atoms with Gasteiger partial charge in [0.25, 0.3) is 0 Å². The SMILES string of the molecule is CC(c1ccc(OCC(O)COc2ccc(C(C)(c3ccc(OCC4CO4)cc3)C(F)(F)F)cc2)cc1)(c1ccc(OCC2CO2)cc1)C(F)(F)F. The fourth-order valence-electron chi connectivity index (χ4n) is 5.67. The van der Waals surface area contributed by atoms with Crippen molar-refractivity contribution in [1.82, 2.24) is 0 Å². The summed E-state index contributed by atoms with van der Waals surface area (Å²) in [6.45, 7) is 3.59. The molecule has 2 fully saturated rings. The Morgan fingerprint density at radius 3 is 1.00 bits per heavy atom. The van der Waals surface area contributed by atoms with E-state index in [-0.39, 0.29) is 59.2 Å². The van der Waals surface area contributed by atoms with Crippen LogP contribution in [-0.4, -0.2) is 75.4 Å². The topological polar surface area (TPSA) is 82.2 Å². The lowest BCUT2D eigenvalue weighted by molar-refractivity contribution is -0.173. The van der Waals surface area contributed by atoms with E-state index in [4.69, 9.17) is 28.4 Å². The van der Waals surface area contributed by atoms with Gasteiger partial charge in [0.05, 0.1) is 13.2 Å². The van der Waals surface area contributed by atoms with Crippen LogP contribution in [0.1, 0.15) is 36.1 Å². The van der Waals surface area contributed by atoms with Crippen molar-refractivity contribution in [3.63, 3.8) is 0 Å². The summed E-state index contributed by atoms with van der Waals surface area (Å²) in [6.07, 6.45) is -10.4. The number of aliphatic hydroxyl groups is 1. The molecule has 13 heteroatoms. The van der Waals surface area contributed by atoms with Gasteiger partial charge in [0, 0.05) is 0 Å². The van der Waals surface area contributed by atoms with Gasteiger partial charge in [-0.25, -0.2) is 0 Å². The Bertz CT molecular complexity index is 1620. The van der Waals surface area contributed by atoms with Crippen LogP contribution in [0.4, 0.5) is 26.3 Å². The third-order valence-corrected chi connectivity index (χ3v) is 9.42. The lowest BCUT2D eigenvalue weighted by atomic mass is 9.75. The second kappa shape index (κ2) is 14.9. The first-order chi connectivity index (χ1) is 24.7. The zero-order chi connectivity index (χ0) is 37.1. The molecule has 2 heterocycles. The number of hydrogen-bond donors (Lipinski definition) is 1. The molecular weight excluding hydrogens is 694 g/mol. The summed E-state index contributed by atoms with van der Waals surface area (Å²) in [5.74, 6) is 1.34. The monoisotopic (exact) mass is 732 g/mol. The third-order valence-electron chi connectivity index (χ3n) is 9.42. The van der Waals surface area contributed by atoms with E-state index in [0.29, 0.717) is 37.9 Å². The molecule has 4 atom stereocenters. The van der Waals surface area contributed by atoms with Gasteiger partial charge < -0.3 is 33.5 Å². The van der Waals surface area contributed by atoms with Crippen LogP contribution in [-0.2, 0) is 20.3 Å². The van der Waals surface area contributed by atoms with Crippen molar-refractivity contribution < 1.29 is 59.9 Å². The van der Waals surface area contributed by atoms with Crippen LogP contribution in [0.25, 0.3) is 0 Å². The second-order valence-electron chi connectivity index (χ2n) is 13.2. The predicted molar refractivity (Wildman–Crippen MR) is 178 cm³/mol. The van der Waals surface area contributed by atoms with E-state index < -0.39 is 29.3 Å². The normalized spacial score (nSPS) is 19.9. The minimum Gasteiger partial charge on any atom is -0.491 e. The molecule has 6 rings (SSSR count). The standard InChI is InChI=1S/C39H38F6O7/c1-36(38(40,41)42,27-7-15-32(16-8-27)49-21-34-23-51-34)25-3-11-30(12-4-25)47-19-29(46)20-48-31-13-5-26(6-14-31)37(2,39(43,44)45)28-9-17-33(18-10-28)50-22-35-24-52-35/h3-18,29,34-35,46H,19-24H2,1-2H3. The molecule has 0 aromatic heterocycles. The molecule has 4 aromatic carbocycles. The highest BCUT2D eigenvalue weighted by Crippen LogP contribution is 2.48. The fraction of sp³-hybridized carbons (Fsp3) is 0.385. The first-order valence-electron chi connectivity index (χ1n) is 16.6. The van der Waals surface area contributed by atoms with E-state index in [1.54, 1.807) is 0 Å². The molecule has 0 radical (unpaired) electrons. The minimum absolute atomic E-state index is 0.00760. The molecule has 7 nitrogen and oxygen atoms in total. The van der Waals surface area contributed by atoms with Crippen molar-refractivity contribution in [2.45, 2.75) is 55.3 Å². The molecule has 4 aromatic rings. The minimum atomic E-state index is -4.62. The third kappa shape index (κ3) is 8.43. The molecule has 52 heavy (non-hydrogen) atoms. The molecule has 2 aliphatic rings. The maximum Gasteiger partial charge on any atom is 0.402 e. The van der Waals surface area contributed by atoms with Gasteiger partial charge in [0.15, 0.2) is 0 Å². The Morgan fingerprint density at radius 2 is 0.769 bits per heavy atom. The largest absolute Gasteiger partial charge is 0.491 e. The van der Waals surface area contributed by atoms with Crippen LogP contribution in [0.5, 0.6) is 23.0 Å². The molecule has 0 spiro atoms. The summed E-state index contributed by atoms with van der Waals surface area (Å²) >= 11 is 0. The van der Waals surface area contributed by atoms with Crippen molar-refractivity contribution >= 4 is 0 Å². The van der Waals surface area contributed by atoms with E-state index in [1.165, 1.54) is 97.1 Å². The molecule has 0 bridgehead atoms. The van der Waals surface area contributed by atoms with Crippen molar-refractivity contribution in [2.24, 2.45) is 0 Å². The highest BCUT2D eigenvalue weighted by molar-refractivity contribution is 5.46. The number of ether oxygens (including phenoxy) is 6. The fourth-order valence-corrected chi connectivity index (χ4v) is 5.67. The molecule has 0 saturated carbocycles. The number of alkyl halides is 6. The zero-order valence-electron chi connectivity index (χ0n) is 28.4. The van der Waals surface area contributed by atoms with Gasteiger partial charge in [-0.15, -0.1) is 0 Å². The highest BCUT2D eigenvalue weighted by atomic mass is 19.4. The Balaban J connectivity index is 1.03. The molecule has 0 aliphatic carbocycles. The summed E-state index contributed by atoms with van der Waals surface area (Å²) < 4.78 is 119. The molecule has 2 saturated heterocycles. The van der Waals surface area contributed by atoms with Gasteiger partial charge >= 0.3 is 12.4 Å². The maximum atomic E-state index is 14.5. The number of benzene rings is 4. The summed E-state index contributed by atoms with van der Waals surface area (Å²) in [4.78, 5) is 0. The molecular formula is C39H38F6O7. The van der Waals surface area contributed by atoms with Gasteiger partial charge in [0.2, 0.25) is 0 Å². The highest BCUT2D eigenvalue weighted by Gasteiger charge is 2.54. The van der Waals surface area contributed by atoms with Gasteiger partial charge in [-0.3, -0.25) is 0 Å². The van der Waals surface area contributed by atoms with Gasteiger partial charge in [0.1, 0.15) is 78.6 Å². The Labute approximate surface area is 297 Å². The number of halogens is 6. The number of epoxide rings is 2.